The van der Waals surface area contributed by atoms with Gasteiger partial charge in [0.05, 0.1) is 17.9 Å². The van der Waals surface area contributed by atoms with Crippen molar-refractivity contribution in [2.75, 3.05) is 13.2 Å². The van der Waals surface area contributed by atoms with Gasteiger partial charge >= 0.3 is 5.97 Å². The summed E-state index contributed by atoms with van der Waals surface area (Å²) in [4.78, 5) is 20.8. The van der Waals surface area contributed by atoms with Crippen LogP contribution in [0.25, 0.3) is 0 Å². The van der Waals surface area contributed by atoms with E-state index in [0.29, 0.717) is 18.0 Å². The van der Waals surface area contributed by atoms with Gasteiger partial charge in [-0.3, -0.25) is 0 Å². The fourth-order valence-electron chi connectivity index (χ4n) is 2.43. The number of carbonyl (C=O) groups is 1. The van der Waals surface area contributed by atoms with E-state index in [9.17, 15) is 4.79 Å². The van der Waals surface area contributed by atoms with Crippen LogP contribution in [0.3, 0.4) is 0 Å². The molecule has 20 heavy (non-hydrogen) atoms. The van der Waals surface area contributed by atoms with Crippen molar-refractivity contribution < 1.29 is 14.3 Å². The van der Waals surface area contributed by atoms with Crippen LogP contribution in [0.1, 0.15) is 61.9 Å². The van der Waals surface area contributed by atoms with Gasteiger partial charge in [-0.25, -0.2) is 14.8 Å². The van der Waals surface area contributed by atoms with Gasteiger partial charge in [-0.15, -0.1) is 0 Å². The quantitative estimate of drug-likeness (QED) is 0.775. The fraction of sp³-hybridized carbons (Fsp3) is 0.667. The van der Waals surface area contributed by atoms with E-state index in [1.54, 1.807) is 13.1 Å². The topological polar surface area (TPSA) is 61.3 Å². The summed E-state index contributed by atoms with van der Waals surface area (Å²) in [6.45, 7) is 6.95. The Morgan fingerprint density at radius 3 is 2.90 bits per heavy atom. The van der Waals surface area contributed by atoms with Crippen molar-refractivity contribution in [2.24, 2.45) is 0 Å². The van der Waals surface area contributed by atoms with Gasteiger partial charge in [-0.1, -0.05) is 13.3 Å². The predicted octanol–water partition coefficient (Wildman–Crippen LogP) is 2.63. The highest BCUT2D eigenvalue weighted by molar-refractivity contribution is 5.90. The summed E-state index contributed by atoms with van der Waals surface area (Å²) < 4.78 is 10.8. The Morgan fingerprint density at radius 1 is 1.50 bits per heavy atom. The molecule has 1 aliphatic heterocycles. The molecule has 1 aliphatic rings. The average Bonchev–Trinajstić information content (AvgIpc) is 2.87. The number of hydrogen-bond acceptors (Lipinski definition) is 5. The maximum absolute atomic E-state index is 11.9. The zero-order valence-corrected chi connectivity index (χ0v) is 12.4. The van der Waals surface area contributed by atoms with Crippen molar-refractivity contribution in [2.45, 2.75) is 52.1 Å². The zero-order valence-electron chi connectivity index (χ0n) is 12.4. The summed E-state index contributed by atoms with van der Waals surface area (Å²) >= 11 is 0. The highest BCUT2D eigenvalue weighted by atomic mass is 16.5. The molecule has 0 N–H and O–H groups in total. The molecule has 0 aliphatic carbocycles. The molecule has 0 bridgehead atoms. The summed E-state index contributed by atoms with van der Waals surface area (Å²) in [5, 5.41) is 0. The molecule has 0 spiro atoms. The Labute approximate surface area is 119 Å². The molecule has 1 saturated heterocycles. The van der Waals surface area contributed by atoms with Crippen LogP contribution in [0.15, 0.2) is 6.20 Å². The molecule has 2 rings (SSSR count). The first-order valence-corrected chi connectivity index (χ1v) is 7.28. The van der Waals surface area contributed by atoms with Crippen LogP contribution in [0, 0.1) is 0 Å². The summed E-state index contributed by atoms with van der Waals surface area (Å²) in [5.74, 6) is 0.325. The molecule has 0 aromatic carbocycles. The summed E-state index contributed by atoms with van der Waals surface area (Å²) in [6.07, 6.45) is 5.17. The second-order valence-electron chi connectivity index (χ2n) is 5.21. The number of nitrogens with zero attached hydrogens (tertiary/aromatic N) is 2. The Hall–Kier alpha value is -1.49. The lowest BCUT2D eigenvalue weighted by atomic mass is 10.0. The maximum atomic E-state index is 11.9. The molecule has 0 saturated carbocycles. The van der Waals surface area contributed by atoms with Gasteiger partial charge in [0, 0.05) is 12.8 Å². The van der Waals surface area contributed by atoms with E-state index in [2.05, 4.69) is 16.9 Å². The number of esters is 1. The third-order valence-electron chi connectivity index (χ3n) is 3.54. The molecule has 1 unspecified atom stereocenters. The first kappa shape index (κ1) is 14.9. The van der Waals surface area contributed by atoms with Crippen molar-refractivity contribution in [3.8, 4) is 0 Å². The van der Waals surface area contributed by atoms with E-state index in [1.165, 1.54) is 0 Å². The Morgan fingerprint density at radius 2 is 2.30 bits per heavy atom. The van der Waals surface area contributed by atoms with Crippen LogP contribution in [0.5, 0.6) is 0 Å². The predicted molar refractivity (Wildman–Crippen MR) is 74.5 cm³/mol. The number of carbonyl (C=O) groups excluding carboxylic acids is 1. The number of aromatic nitrogens is 2. The molecule has 5 nitrogen and oxygen atoms in total. The molecular formula is C15H22N2O3. The van der Waals surface area contributed by atoms with Gasteiger partial charge in [0.25, 0.3) is 0 Å². The number of ether oxygens (including phenoxy) is 2. The number of hydrogen-bond donors (Lipinski definition) is 0. The van der Waals surface area contributed by atoms with E-state index in [4.69, 9.17) is 9.47 Å². The molecule has 5 heteroatoms. The molecule has 2 heterocycles. The first-order valence-electron chi connectivity index (χ1n) is 7.28. The van der Waals surface area contributed by atoms with Crippen LogP contribution in [0.4, 0.5) is 0 Å². The summed E-state index contributed by atoms with van der Waals surface area (Å²) in [5.41, 5.74) is 0.807. The third kappa shape index (κ3) is 2.98. The van der Waals surface area contributed by atoms with Crippen molar-refractivity contribution >= 4 is 5.97 Å². The van der Waals surface area contributed by atoms with Crippen molar-refractivity contribution in [3.05, 3.63) is 23.3 Å². The van der Waals surface area contributed by atoms with Crippen LogP contribution in [-0.4, -0.2) is 29.2 Å². The van der Waals surface area contributed by atoms with E-state index in [0.717, 1.165) is 38.0 Å². The number of rotatable bonds is 5. The van der Waals surface area contributed by atoms with E-state index in [-0.39, 0.29) is 5.97 Å². The van der Waals surface area contributed by atoms with Crippen LogP contribution in [-0.2, 0) is 21.5 Å². The Balaban J connectivity index is 2.34. The minimum absolute atomic E-state index is 0.347. The first-order chi connectivity index (χ1) is 9.60. The van der Waals surface area contributed by atoms with Crippen LogP contribution >= 0.6 is 0 Å². The molecule has 1 aromatic heterocycles. The third-order valence-corrected chi connectivity index (χ3v) is 3.54. The van der Waals surface area contributed by atoms with Crippen LogP contribution < -0.4 is 0 Å². The second kappa shape index (κ2) is 6.31. The average molecular weight is 278 g/mol. The monoisotopic (exact) mass is 278 g/mol. The van der Waals surface area contributed by atoms with Crippen LogP contribution in [0.2, 0.25) is 0 Å². The van der Waals surface area contributed by atoms with E-state index < -0.39 is 5.60 Å². The lowest BCUT2D eigenvalue weighted by molar-refractivity contribution is 0.00898. The van der Waals surface area contributed by atoms with Crippen molar-refractivity contribution in [3.63, 3.8) is 0 Å². The highest BCUT2D eigenvalue weighted by Gasteiger charge is 2.35. The molecule has 1 fully saturated rings. The van der Waals surface area contributed by atoms with E-state index in [1.807, 2.05) is 6.92 Å². The highest BCUT2D eigenvalue weighted by Crippen LogP contribution is 2.33. The molecule has 0 amide bonds. The lowest BCUT2D eigenvalue weighted by Crippen LogP contribution is -2.25. The summed E-state index contributed by atoms with van der Waals surface area (Å²) in [6, 6.07) is 0. The fourth-order valence-corrected chi connectivity index (χ4v) is 2.43. The zero-order chi connectivity index (χ0) is 14.6. The Kier molecular flexibility index (Phi) is 4.70. The standard InChI is InChI=1S/C15H22N2O3/c1-4-7-12-11(13(18)19-5-2)10-16-14(17-12)15(3)8-6-9-20-15/h10H,4-9H2,1-3H3. The SMILES string of the molecule is CCCc1nc(C2(C)CCCO2)ncc1C(=O)OCC. The Bertz CT molecular complexity index is 482. The maximum Gasteiger partial charge on any atom is 0.341 e. The van der Waals surface area contributed by atoms with E-state index >= 15 is 0 Å². The van der Waals surface area contributed by atoms with Gasteiger partial charge in [0.2, 0.25) is 0 Å². The van der Waals surface area contributed by atoms with Gasteiger partial charge < -0.3 is 9.47 Å². The largest absolute Gasteiger partial charge is 0.462 e. The van der Waals surface area contributed by atoms with Crippen molar-refractivity contribution in [1.82, 2.24) is 9.97 Å². The molecule has 1 aromatic rings. The summed E-state index contributed by atoms with van der Waals surface area (Å²) in [7, 11) is 0. The second-order valence-corrected chi connectivity index (χ2v) is 5.21. The molecule has 1 atom stereocenters. The van der Waals surface area contributed by atoms with Crippen molar-refractivity contribution in [1.29, 1.82) is 0 Å². The molecule has 0 radical (unpaired) electrons. The van der Waals surface area contributed by atoms with Gasteiger partial charge in [-0.05, 0) is 33.1 Å². The molecule has 110 valence electrons. The minimum Gasteiger partial charge on any atom is -0.462 e. The smallest absolute Gasteiger partial charge is 0.341 e. The molecular weight excluding hydrogens is 256 g/mol. The number of aryl methyl sites for hydroxylation is 1. The normalized spacial score (nSPS) is 21.9. The lowest BCUT2D eigenvalue weighted by Gasteiger charge is -2.22. The van der Waals surface area contributed by atoms with Gasteiger partial charge in [0.1, 0.15) is 5.60 Å². The minimum atomic E-state index is -0.421. The van der Waals surface area contributed by atoms with Gasteiger partial charge in [-0.2, -0.15) is 0 Å². The van der Waals surface area contributed by atoms with Gasteiger partial charge in [0.15, 0.2) is 5.82 Å².